The molecule has 0 amide bonds. The summed E-state index contributed by atoms with van der Waals surface area (Å²) in [6.45, 7) is 0. The highest BCUT2D eigenvalue weighted by molar-refractivity contribution is 6.13. The summed E-state index contributed by atoms with van der Waals surface area (Å²) in [5.74, 6) is 1.81. The van der Waals surface area contributed by atoms with E-state index in [1.807, 2.05) is 48.5 Å². The van der Waals surface area contributed by atoms with Gasteiger partial charge in [-0.3, -0.25) is 0 Å². The lowest BCUT2D eigenvalue weighted by molar-refractivity contribution is 0.669. The van der Waals surface area contributed by atoms with Crippen LogP contribution in [0, 0.1) is 0 Å². The number of aromatic nitrogens is 3. The van der Waals surface area contributed by atoms with E-state index in [0.717, 1.165) is 60.9 Å². The molecule has 2 aromatic heterocycles. The van der Waals surface area contributed by atoms with Gasteiger partial charge in [0.1, 0.15) is 11.2 Å². The largest absolute Gasteiger partial charge is 0.456 e. The van der Waals surface area contributed by atoms with Crippen LogP contribution in [0.3, 0.4) is 0 Å². The minimum absolute atomic E-state index is 0.452. The fourth-order valence-corrected chi connectivity index (χ4v) is 10.6. The van der Waals surface area contributed by atoms with Gasteiger partial charge < -0.3 is 4.42 Å². The third-order valence-electron chi connectivity index (χ3n) is 13.7. The number of nitrogens with zero attached hydrogens (tertiary/aromatic N) is 3. The quantitative estimate of drug-likeness (QED) is 0.153. The zero-order valence-electron chi connectivity index (χ0n) is 36.9. The fraction of sp³-hybridized carbons (Fsp3) is 0.0156. The molecule has 12 aromatic rings. The second-order valence-electron chi connectivity index (χ2n) is 17.4. The Labute approximate surface area is 394 Å². The molecule has 0 radical (unpaired) electrons. The van der Waals surface area contributed by atoms with E-state index in [1.165, 1.54) is 44.5 Å². The van der Waals surface area contributed by atoms with Crippen molar-refractivity contribution in [3.05, 3.63) is 271 Å². The average Bonchev–Trinajstić information content (AvgIpc) is 3.96. The van der Waals surface area contributed by atoms with Crippen molar-refractivity contribution in [2.45, 2.75) is 5.41 Å². The van der Waals surface area contributed by atoms with Crippen LogP contribution in [0.1, 0.15) is 22.3 Å². The Balaban J connectivity index is 0.907. The standard InChI is InChI=1S/C64H41N3O/c1-5-17-42(18-6-1)43-33-37-47(38-34-43)62-65-61(46-19-7-2-8-20-46)66-63(67-62)53-27-16-30-58-60(53)54-41-48(39-40-57(54)68-58)44-31-35-45(36-32-44)51-26-15-29-56-59(51)52-25-13-14-28-55(52)64(56,49-21-9-3-10-22-49)50-23-11-4-12-24-50/h1-41H. The molecule has 0 unspecified atom stereocenters. The smallest absolute Gasteiger partial charge is 0.164 e. The highest BCUT2D eigenvalue weighted by Crippen LogP contribution is 2.58. The van der Waals surface area contributed by atoms with Crippen molar-refractivity contribution < 1.29 is 4.42 Å². The summed E-state index contributed by atoms with van der Waals surface area (Å²) in [5.41, 5.74) is 18.4. The SMILES string of the molecule is c1ccc(-c2ccc(-c3nc(-c4ccccc4)nc(-c4cccc5oc6ccc(-c7ccc(-c8cccc9c8-c8ccccc8C9(c8ccccc8)c8ccccc8)cc7)cc6c45)n3)cc2)cc1. The normalized spacial score (nSPS) is 12.5. The van der Waals surface area contributed by atoms with Crippen molar-refractivity contribution in [2.24, 2.45) is 0 Å². The van der Waals surface area contributed by atoms with Crippen molar-refractivity contribution in [2.75, 3.05) is 0 Å². The van der Waals surface area contributed by atoms with Gasteiger partial charge in [0.05, 0.1) is 5.41 Å². The molecule has 10 aromatic carbocycles. The molecule has 0 N–H and O–H groups in total. The van der Waals surface area contributed by atoms with Gasteiger partial charge in [0, 0.05) is 27.5 Å². The van der Waals surface area contributed by atoms with Crippen LogP contribution in [0.25, 0.3) is 101 Å². The third kappa shape index (κ3) is 6.41. The second kappa shape index (κ2) is 16.2. The van der Waals surface area contributed by atoms with Gasteiger partial charge in [-0.15, -0.1) is 0 Å². The Morgan fingerprint density at radius 2 is 0.750 bits per heavy atom. The average molecular weight is 868 g/mol. The summed E-state index contributed by atoms with van der Waals surface area (Å²) >= 11 is 0. The predicted molar refractivity (Wildman–Crippen MR) is 277 cm³/mol. The zero-order chi connectivity index (χ0) is 45.0. The second-order valence-corrected chi connectivity index (χ2v) is 17.4. The third-order valence-corrected chi connectivity index (χ3v) is 13.7. The molecule has 0 fully saturated rings. The Kier molecular flexibility index (Phi) is 9.36. The molecule has 2 heterocycles. The maximum absolute atomic E-state index is 6.55. The highest BCUT2D eigenvalue weighted by Gasteiger charge is 2.46. The molecule has 0 spiro atoms. The van der Waals surface area contributed by atoms with Crippen molar-refractivity contribution in [1.29, 1.82) is 0 Å². The maximum atomic E-state index is 6.55. The molecular formula is C64H41N3O. The number of fused-ring (bicyclic) bond motifs is 6. The minimum Gasteiger partial charge on any atom is -0.456 e. The minimum atomic E-state index is -0.452. The van der Waals surface area contributed by atoms with Crippen LogP contribution >= 0.6 is 0 Å². The van der Waals surface area contributed by atoms with Gasteiger partial charge in [-0.25, -0.2) is 15.0 Å². The molecule has 318 valence electrons. The zero-order valence-corrected chi connectivity index (χ0v) is 36.9. The topological polar surface area (TPSA) is 51.8 Å². The Morgan fingerprint density at radius 1 is 0.294 bits per heavy atom. The Bertz CT molecular complexity index is 3770. The fourth-order valence-electron chi connectivity index (χ4n) is 10.6. The Morgan fingerprint density at radius 3 is 1.43 bits per heavy atom. The van der Waals surface area contributed by atoms with Crippen molar-refractivity contribution >= 4 is 21.9 Å². The van der Waals surface area contributed by atoms with Crippen LogP contribution in [0.4, 0.5) is 0 Å². The van der Waals surface area contributed by atoms with Crippen molar-refractivity contribution in [3.63, 3.8) is 0 Å². The molecule has 0 saturated carbocycles. The number of hydrogen-bond acceptors (Lipinski definition) is 4. The lowest BCUT2D eigenvalue weighted by Crippen LogP contribution is -2.28. The molecule has 13 rings (SSSR count). The van der Waals surface area contributed by atoms with Gasteiger partial charge in [0.25, 0.3) is 0 Å². The van der Waals surface area contributed by atoms with Crippen LogP contribution in [0.2, 0.25) is 0 Å². The highest BCUT2D eigenvalue weighted by atomic mass is 16.3. The molecule has 4 heteroatoms. The van der Waals surface area contributed by atoms with Crippen molar-refractivity contribution in [3.8, 4) is 78.7 Å². The van der Waals surface area contributed by atoms with E-state index < -0.39 is 5.41 Å². The predicted octanol–water partition coefficient (Wildman–Crippen LogP) is 16.1. The van der Waals surface area contributed by atoms with Crippen LogP contribution in [0.15, 0.2) is 253 Å². The van der Waals surface area contributed by atoms with E-state index in [1.54, 1.807) is 0 Å². The summed E-state index contributed by atoms with van der Waals surface area (Å²) in [6.07, 6.45) is 0. The van der Waals surface area contributed by atoms with E-state index in [0.29, 0.717) is 17.5 Å². The van der Waals surface area contributed by atoms with Crippen LogP contribution < -0.4 is 0 Å². The molecule has 0 aliphatic heterocycles. The van der Waals surface area contributed by atoms with Gasteiger partial charge in [-0.05, 0) is 85.0 Å². The van der Waals surface area contributed by atoms with E-state index in [2.05, 4.69) is 200 Å². The van der Waals surface area contributed by atoms with Gasteiger partial charge in [0.2, 0.25) is 0 Å². The first-order valence-electron chi connectivity index (χ1n) is 23.1. The van der Waals surface area contributed by atoms with Crippen LogP contribution in [-0.2, 0) is 5.41 Å². The van der Waals surface area contributed by atoms with E-state index in [-0.39, 0.29) is 0 Å². The van der Waals surface area contributed by atoms with Gasteiger partial charge in [-0.1, -0.05) is 231 Å². The lowest BCUT2D eigenvalue weighted by Gasteiger charge is -2.34. The summed E-state index contributed by atoms with van der Waals surface area (Å²) in [6, 6.07) is 88.3. The van der Waals surface area contributed by atoms with E-state index in [9.17, 15) is 0 Å². The summed E-state index contributed by atoms with van der Waals surface area (Å²) < 4.78 is 6.55. The van der Waals surface area contributed by atoms with Gasteiger partial charge in [0.15, 0.2) is 17.5 Å². The number of furan rings is 1. The van der Waals surface area contributed by atoms with Crippen LogP contribution in [-0.4, -0.2) is 15.0 Å². The van der Waals surface area contributed by atoms with Crippen LogP contribution in [0.5, 0.6) is 0 Å². The summed E-state index contributed by atoms with van der Waals surface area (Å²) in [7, 11) is 0. The molecule has 0 atom stereocenters. The first-order valence-corrected chi connectivity index (χ1v) is 23.1. The molecule has 4 nitrogen and oxygen atoms in total. The van der Waals surface area contributed by atoms with E-state index in [4.69, 9.17) is 19.4 Å². The summed E-state index contributed by atoms with van der Waals surface area (Å²) in [4.78, 5) is 15.3. The first kappa shape index (κ1) is 39.4. The van der Waals surface area contributed by atoms with Gasteiger partial charge in [-0.2, -0.15) is 0 Å². The summed E-state index contributed by atoms with van der Waals surface area (Å²) in [5, 5.41) is 1.97. The number of hydrogen-bond donors (Lipinski definition) is 0. The molecule has 68 heavy (non-hydrogen) atoms. The monoisotopic (exact) mass is 867 g/mol. The molecule has 0 saturated heterocycles. The lowest BCUT2D eigenvalue weighted by atomic mass is 9.67. The maximum Gasteiger partial charge on any atom is 0.164 e. The van der Waals surface area contributed by atoms with Crippen molar-refractivity contribution in [1.82, 2.24) is 15.0 Å². The van der Waals surface area contributed by atoms with Gasteiger partial charge >= 0.3 is 0 Å². The molecule has 1 aliphatic carbocycles. The van der Waals surface area contributed by atoms with E-state index >= 15 is 0 Å². The number of benzene rings is 10. The first-order chi connectivity index (χ1) is 33.7. The molecule has 0 bridgehead atoms. The molecule has 1 aliphatic rings. The number of rotatable bonds is 8. The molecular weight excluding hydrogens is 827 g/mol. The Hall–Kier alpha value is -8.99.